The average molecular weight is 338 g/mol. The monoisotopic (exact) mass is 338 g/mol. The summed E-state index contributed by atoms with van der Waals surface area (Å²) in [6.07, 6.45) is 15.0. The molecule has 0 aromatic carbocycles. The average Bonchev–Trinajstić information content (AvgIpc) is 2.89. The summed E-state index contributed by atoms with van der Waals surface area (Å²) >= 11 is 0. The summed E-state index contributed by atoms with van der Waals surface area (Å²) in [7, 11) is 0. The maximum absolute atomic E-state index is 12.6. The van der Waals surface area contributed by atoms with Crippen molar-refractivity contribution in [1.29, 1.82) is 0 Å². The van der Waals surface area contributed by atoms with Gasteiger partial charge in [-0.25, -0.2) is 0 Å². The molecular formula is C23H30O2. The van der Waals surface area contributed by atoms with Gasteiger partial charge in [-0.1, -0.05) is 25.3 Å². The van der Waals surface area contributed by atoms with E-state index in [0.29, 0.717) is 41.8 Å². The van der Waals surface area contributed by atoms with Gasteiger partial charge in [0.25, 0.3) is 0 Å². The van der Waals surface area contributed by atoms with E-state index in [1.807, 2.05) is 6.08 Å². The van der Waals surface area contributed by atoms with E-state index in [2.05, 4.69) is 19.8 Å². The van der Waals surface area contributed by atoms with Crippen molar-refractivity contribution in [1.82, 2.24) is 0 Å². The van der Waals surface area contributed by atoms with Gasteiger partial charge in [0.2, 0.25) is 0 Å². The topological polar surface area (TPSA) is 34.1 Å². The van der Waals surface area contributed by atoms with Crippen molar-refractivity contribution >= 4 is 11.6 Å². The molecule has 0 aromatic rings. The minimum Gasteiger partial charge on any atom is -0.298 e. The van der Waals surface area contributed by atoms with Crippen LogP contribution in [0.5, 0.6) is 0 Å². The molecule has 0 N–H and O–H groups in total. The molecule has 4 aliphatic carbocycles. The molecule has 4 rings (SSSR count). The van der Waals surface area contributed by atoms with Gasteiger partial charge in [-0.15, -0.1) is 6.42 Å². The molecule has 0 radical (unpaired) electrons. The van der Waals surface area contributed by atoms with E-state index in [-0.39, 0.29) is 11.2 Å². The molecule has 0 bridgehead atoms. The Morgan fingerprint density at radius 2 is 2.00 bits per heavy atom. The molecule has 0 aliphatic heterocycles. The third-order valence-corrected chi connectivity index (χ3v) is 8.70. The summed E-state index contributed by atoms with van der Waals surface area (Å²) in [5.41, 5.74) is 0.832. The van der Waals surface area contributed by atoms with Crippen molar-refractivity contribution in [2.75, 3.05) is 0 Å². The Morgan fingerprint density at radius 3 is 2.68 bits per heavy atom. The molecule has 134 valence electrons. The van der Waals surface area contributed by atoms with Crippen LogP contribution in [0.15, 0.2) is 11.6 Å². The van der Waals surface area contributed by atoms with Gasteiger partial charge in [-0.2, -0.15) is 0 Å². The lowest BCUT2D eigenvalue weighted by Crippen LogP contribution is -2.52. The second-order valence-electron chi connectivity index (χ2n) is 9.43. The zero-order valence-corrected chi connectivity index (χ0v) is 15.8. The lowest BCUT2D eigenvalue weighted by atomic mass is 9.47. The van der Waals surface area contributed by atoms with Gasteiger partial charge in [0, 0.05) is 6.42 Å². The van der Waals surface area contributed by atoms with Gasteiger partial charge in [0.1, 0.15) is 5.78 Å². The number of carbonyl (C=O) groups is 2. The minimum absolute atomic E-state index is 0.0415. The molecule has 0 heterocycles. The van der Waals surface area contributed by atoms with Crippen LogP contribution in [0.4, 0.5) is 0 Å². The third kappa shape index (κ3) is 2.11. The van der Waals surface area contributed by atoms with Gasteiger partial charge >= 0.3 is 0 Å². The maximum atomic E-state index is 12.6. The highest BCUT2D eigenvalue weighted by Crippen LogP contribution is 2.68. The molecule has 3 fully saturated rings. The number of fused-ring (bicyclic) bond motifs is 5. The van der Waals surface area contributed by atoms with Crippen molar-refractivity contribution in [3.8, 4) is 12.3 Å². The Labute approximate surface area is 151 Å². The molecule has 0 unspecified atom stereocenters. The first-order valence-electron chi connectivity index (χ1n) is 10.1. The van der Waals surface area contributed by atoms with E-state index < -0.39 is 5.41 Å². The number of hydrogen-bond donors (Lipinski definition) is 0. The summed E-state index contributed by atoms with van der Waals surface area (Å²) in [5.74, 6) is 6.51. The van der Waals surface area contributed by atoms with Crippen LogP contribution in [0.1, 0.15) is 65.7 Å². The van der Waals surface area contributed by atoms with E-state index in [9.17, 15) is 9.59 Å². The number of Topliss-reactive ketones (excluding diaryl/α,β-unsaturated/α-hetero) is 1. The van der Waals surface area contributed by atoms with Crippen LogP contribution in [0.25, 0.3) is 0 Å². The minimum atomic E-state index is -0.551. The molecule has 4 aliphatic rings. The Kier molecular flexibility index (Phi) is 3.80. The Bertz CT molecular complexity index is 695. The number of hydrogen-bond acceptors (Lipinski definition) is 2. The predicted molar refractivity (Wildman–Crippen MR) is 98.6 cm³/mol. The summed E-state index contributed by atoms with van der Waals surface area (Å²) in [6.45, 7) is 6.31. The number of terminal acetylenes is 1. The SMILES string of the molecule is C#C[C@]1(C(C)=O)CC[C@H]2[C@@H]3C[C@H](C)C4=CC(=O)CC[C@@H]4[C@H]3CC[C@@]21C. The van der Waals surface area contributed by atoms with E-state index in [1.54, 1.807) is 6.92 Å². The fourth-order valence-corrected chi connectivity index (χ4v) is 7.46. The van der Waals surface area contributed by atoms with Crippen molar-refractivity contribution < 1.29 is 9.59 Å². The molecule has 2 nitrogen and oxygen atoms in total. The molecule has 0 aromatic heterocycles. The van der Waals surface area contributed by atoms with Gasteiger partial charge < -0.3 is 0 Å². The third-order valence-electron chi connectivity index (χ3n) is 8.70. The molecule has 2 heteroatoms. The van der Waals surface area contributed by atoms with Crippen LogP contribution in [-0.4, -0.2) is 11.6 Å². The normalized spacial score (nSPS) is 48.6. The maximum Gasteiger partial charge on any atom is 0.155 e. The standard InChI is InChI=1S/C23H30O2/c1-5-23(15(3)24)11-9-21-20-12-14(2)19-13-16(25)6-7-17(19)18(20)8-10-22(21,23)4/h1,13-14,17-18,20-21H,6-12H2,2-4H3/t14-,17+,18+,20+,21-,22-,23+/m0/s1. The van der Waals surface area contributed by atoms with Gasteiger partial charge in [0.05, 0.1) is 5.41 Å². The van der Waals surface area contributed by atoms with Crippen LogP contribution in [0.2, 0.25) is 0 Å². The van der Waals surface area contributed by atoms with Crippen molar-refractivity contribution in [2.24, 2.45) is 40.4 Å². The second-order valence-corrected chi connectivity index (χ2v) is 9.43. The van der Waals surface area contributed by atoms with Gasteiger partial charge in [-0.05, 0) is 86.5 Å². The zero-order valence-electron chi connectivity index (χ0n) is 15.8. The smallest absolute Gasteiger partial charge is 0.155 e. The molecule has 3 saturated carbocycles. The van der Waals surface area contributed by atoms with Crippen LogP contribution < -0.4 is 0 Å². The molecule has 7 atom stereocenters. The summed E-state index contributed by atoms with van der Waals surface area (Å²) in [6, 6.07) is 0. The number of allylic oxidation sites excluding steroid dienone is 1. The first-order chi connectivity index (χ1) is 11.8. The predicted octanol–water partition coefficient (Wildman–Crippen LogP) is 4.58. The van der Waals surface area contributed by atoms with Crippen molar-refractivity contribution in [2.45, 2.75) is 65.7 Å². The van der Waals surface area contributed by atoms with E-state index in [1.165, 1.54) is 12.0 Å². The molecule has 0 saturated heterocycles. The zero-order chi connectivity index (χ0) is 18.0. The Hall–Kier alpha value is -1.36. The highest BCUT2D eigenvalue weighted by Gasteiger charge is 2.64. The molecule has 0 amide bonds. The van der Waals surface area contributed by atoms with Crippen LogP contribution in [0, 0.1) is 52.8 Å². The number of carbonyl (C=O) groups excluding carboxylic acids is 2. The largest absolute Gasteiger partial charge is 0.298 e. The Morgan fingerprint density at radius 1 is 1.24 bits per heavy atom. The summed E-state index contributed by atoms with van der Waals surface area (Å²) in [4.78, 5) is 24.5. The first-order valence-corrected chi connectivity index (χ1v) is 10.1. The van der Waals surface area contributed by atoms with Crippen LogP contribution in [-0.2, 0) is 9.59 Å². The first kappa shape index (κ1) is 17.1. The summed E-state index contributed by atoms with van der Waals surface area (Å²) in [5, 5.41) is 0. The molecule has 0 spiro atoms. The Balaban J connectivity index is 1.71. The van der Waals surface area contributed by atoms with Gasteiger partial charge in [-0.3, -0.25) is 9.59 Å². The lowest BCUT2D eigenvalue weighted by molar-refractivity contribution is -0.133. The van der Waals surface area contributed by atoms with Crippen LogP contribution >= 0.6 is 0 Å². The van der Waals surface area contributed by atoms with E-state index >= 15 is 0 Å². The number of ketones is 2. The second kappa shape index (κ2) is 5.57. The summed E-state index contributed by atoms with van der Waals surface area (Å²) < 4.78 is 0. The quantitative estimate of drug-likeness (QED) is 0.656. The van der Waals surface area contributed by atoms with Crippen molar-refractivity contribution in [3.05, 3.63) is 11.6 Å². The molecular weight excluding hydrogens is 308 g/mol. The fourth-order valence-electron chi connectivity index (χ4n) is 7.46. The van der Waals surface area contributed by atoms with Crippen molar-refractivity contribution in [3.63, 3.8) is 0 Å². The molecule has 25 heavy (non-hydrogen) atoms. The highest BCUT2D eigenvalue weighted by atomic mass is 16.1. The van der Waals surface area contributed by atoms with E-state index in [4.69, 9.17) is 6.42 Å². The fraction of sp³-hybridized carbons (Fsp3) is 0.739. The van der Waals surface area contributed by atoms with Crippen LogP contribution in [0.3, 0.4) is 0 Å². The lowest BCUT2D eigenvalue weighted by Gasteiger charge is -2.56. The number of rotatable bonds is 1. The van der Waals surface area contributed by atoms with Gasteiger partial charge in [0.15, 0.2) is 5.78 Å². The van der Waals surface area contributed by atoms with E-state index in [0.717, 1.165) is 32.1 Å². The highest BCUT2D eigenvalue weighted by molar-refractivity contribution is 5.91.